The summed E-state index contributed by atoms with van der Waals surface area (Å²) in [5.41, 5.74) is 0.200. The molecular formula is C20H35NO2. The van der Waals surface area contributed by atoms with Crippen molar-refractivity contribution in [1.29, 1.82) is 0 Å². The highest BCUT2D eigenvalue weighted by atomic mass is 16.2. The van der Waals surface area contributed by atoms with E-state index in [9.17, 15) is 9.59 Å². The molecule has 0 radical (unpaired) electrons. The summed E-state index contributed by atoms with van der Waals surface area (Å²) in [5, 5.41) is 0. The fourth-order valence-corrected chi connectivity index (χ4v) is 3.16. The average molecular weight is 322 g/mol. The molecule has 0 aliphatic heterocycles. The second-order valence-electron chi connectivity index (χ2n) is 7.74. The van der Waals surface area contributed by atoms with E-state index in [-0.39, 0.29) is 17.1 Å². The standard InChI is InChI=1S/C20H35NO2/c1-8-18(22)11-10-16(3)14-17(4)15-20(5,6)12-13-21(7)19(23)9-2/h8-9,16-17H,1-2,10-15H2,3-7H3/t16-,17-/m1/s1. The third kappa shape index (κ3) is 10.1. The molecule has 0 bridgehead atoms. The van der Waals surface area contributed by atoms with Gasteiger partial charge in [0, 0.05) is 20.0 Å². The van der Waals surface area contributed by atoms with Crippen LogP contribution in [0.2, 0.25) is 0 Å². The van der Waals surface area contributed by atoms with Crippen LogP contribution in [0.5, 0.6) is 0 Å². The van der Waals surface area contributed by atoms with Gasteiger partial charge in [0.2, 0.25) is 5.91 Å². The Balaban J connectivity index is 4.21. The van der Waals surface area contributed by atoms with E-state index in [1.54, 1.807) is 4.90 Å². The molecule has 0 spiro atoms. The first kappa shape index (κ1) is 21.6. The van der Waals surface area contributed by atoms with Crippen molar-refractivity contribution >= 4 is 11.7 Å². The van der Waals surface area contributed by atoms with Crippen molar-refractivity contribution in [2.75, 3.05) is 13.6 Å². The molecule has 0 fully saturated rings. The molecule has 3 nitrogen and oxygen atoms in total. The van der Waals surface area contributed by atoms with Crippen LogP contribution in [-0.2, 0) is 9.59 Å². The number of amides is 1. The number of rotatable bonds is 12. The third-order valence-corrected chi connectivity index (χ3v) is 4.49. The van der Waals surface area contributed by atoms with Crippen LogP contribution >= 0.6 is 0 Å². The zero-order valence-corrected chi connectivity index (χ0v) is 15.7. The number of carbonyl (C=O) groups excluding carboxylic acids is 2. The molecule has 0 saturated carbocycles. The highest BCUT2D eigenvalue weighted by Gasteiger charge is 2.23. The van der Waals surface area contributed by atoms with Gasteiger partial charge in [-0.1, -0.05) is 40.9 Å². The highest BCUT2D eigenvalue weighted by Crippen LogP contribution is 2.32. The minimum Gasteiger partial charge on any atom is -0.342 e. The van der Waals surface area contributed by atoms with E-state index in [0.29, 0.717) is 18.3 Å². The quantitative estimate of drug-likeness (QED) is 0.491. The minimum absolute atomic E-state index is 0.0191. The topological polar surface area (TPSA) is 37.4 Å². The number of carbonyl (C=O) groups is 2. The van der Waals surface area contributed by atoms with Crippen molar-refractivity contribution < 1.29 is 9.59 Å². The molecule has 3 heteroatoms. The van der Waals surface area contributed by atoms with Gasteiger partial charge in [-0.3, -0.25) is 9.59 Å². The van der Waals surface area contributed by atoms with Gasteiger partial charge in [0.1, 0.15) is 0 Å². The summed E-state index contributed by atoms with van der Waals surface area (Å²) in [6.45, 7) is 16.8. The van der Waals surface area contributed by atoms with Crippen molar-refractivity contribution in [3.8, 4) is 0 Å². The van der Waals surface area contributed by atoms with Gasteiger partial charge < -0.3 is 4.90 Å². The Bertz CT molecular complexity index is 412. The first-order chi connectivity index (χ1) is 10.6. The Morgan fingerprint density at radius 1 is 1.13 bits per heavy atom. The van der Waals surface area contributed by atoms with E-state index in [1.807, 2.05) is 7.05 Å². The van der Waals surface area contributed by atoms with E-state index in [2.05, 4.69) is 40.9 Å². The van der Waals surface area contributed by atoms with Crippen LogP contribution in [0.1, 0.15) is 59.8 Å². The number of ketones is 1. The van der Waals surface area contributed by atoms with Gasteiger partial charge >= 0.3 is 0 Å². The number of hydrogen-bond donors (Lipinski definition) is 0. The SMILES string of the molecule is C=CC(=O)CC[C@@H](C)C[C@@H](C)CC(C)(C)CCN(C)C(=O)C=C. The second kappa shape index (κ2) is 10.4. The summed E-state index contributed by atoms with van der Waals surface area (Å²) in [7, 11) is 1.82. The first-order valence-electron chi connectivity index (χ1n) is 8.64. The molecule has 0 rings (SSSR count). The molecule has 1 amide bonds. The molecule has 0 N–H and O–H groups in total. The molecule has 2 atom stereocenters. The molecule has 0 heterocycles. The molecule has 0 aromatic carbocycles. The monoisotopic (exact) mass is 321 g/mol. The zero-order chi connectivity index (χ0) is 18.0. The lowest BCUT2D eigenvalue weighted by molar-refractivity contribution is -0.125. The van der Waals surface area contributed by atoms with Crippen LogP contribution in [-0.4, -0.2) is 30.2 Å². The van der Waals surface area contributed by atoms with Crippen LogP contribution in [0.3, 0.4) is 0 Å². The van der Waals surface area contributed by atoms with Gasteiger partial charge in [0.05, 0.1) is 0 Å². The molecule has 0 aliphatic carbocycles. The molecule has 132 valence electrons. The fourth-order valence-electron chi connectivity index (χ4n) is 3.16. The largest absolute Gasteiger partial charge is 0.342 e. The summed E-state index contributed by atoms with van der Waals surface area (Å²) in [4.78, 5) is 24.5. The van der Waals surface area contributed by atoms with Crippen LogP contribution in [0, 0.1) is 17.3 Å². The van der Waals surface area contributed by atoms with Gasteiger partial charge in [-0.15, -0.1) is 0 Å². The summed E-state index contributed by atoms with van der Waals surface area (Å²) in [5.74, 6) is 1.28. The lowest BCUT2D eigenvalue weighted by Crippen LogP contribution is -2.30. The van der Waals surface area contributed by atoms with Crippen molar-refractivity contribution in [2.24, 2.45) is 17.3 Å². The van der Waals surface area contributed by atoms with E-state index >= 15 is 0 Å². The smallest absolute Gasteiger partial charge is 0.245 e. The Hall–Kier alpha value is -1.38. The predicted octanol–water partition coefficient (Wildman–Crippen LogP) is 4.63. The minimum atomic E-state index is -0.0191. The maximum atomic E-state index is 11.5. The maximum absolute atomic E-state index is 11.5. The van der Waals surface area contributed by atoms with Crippen molar-refractivity contribution in [3.63, 3.8) is 0 Å². The third-order valence-electron chi connectivity index (χ3n) is 4.49. The van der Waals surface area contributed by atoms with Crippen molar-refractivity contribution in [1.82, 2.24) is 4.90 Å². The first-order valence-corrected chi connectivity index (χ1v) is 8.64. The molecule has 23 heavy (non-hydrogen) atoms. The molecule has 0 aromatic heterocycles. The lowest BCUT2D eigenvalue weighted by atomic mass is 9.77. The van der Waals surface area contributed by atoms with Crippen molar-refractivity contribution in [2.45, 2.75) is 59.8 Å². The summed E-state index contributed by atoms with van der Waals surface area (Å²) in [6.07, 6.45) is 7.57. The van der Waals surface area contributed by atoms with Gasteiger partial charge in [0.15, 0.2) is 5.78 Å². The van der Waals surface area contributed by atoms with E-state index in [1.165, 1.54) is 12.2 Å². The second-order valence-corrected chi connectivity index (χ2v) is 7.74. The van der Waals surface area contributed by atoms with E-state index in [0.717, 1.165) is 32.2 Å². The molecule has 0 unspecified atom stereocenters. The Labute approximate surface area is 142 Å². The summed E-state index contributed by atoms with van der Waals surface area (Å²) in [6, 6.07) is 0. The van der Waals surface area contributed by atoms with Crippen molar-refractivity contribution in [3.05, 3.63) is 25.3 Å². The maximum Gasteiger partial charge on any atom is 0.245 e. The van der Waals surface area contributed by atoms with Gasteiger partial charge in [0.25, 0.3) is 0 Å². The van der Waals surface area contributed by atoms with Crippen LogP contribution in [0.4, 0.5) is 0 Å². The Morgan fingerprint density at radius 3 is 2.26 bits per heavy atom. The summed E-state index contributed by atoms with van der Waals surface area (Å²) >= 11 is 0. The number of hydrogen-bond acceptors (Lipinski definition) is 2. The van der Waals surface area contributed by atoms with E-state index < -0.39 is 0 Å². The molecular weight excluding hydrogens is 286 g/mol. The van der Waals surface area contributed by atoms with Gasteiger partial charge in [-0.2, -0.15) is 0 Å². The van der Waals surface area contributed by atoms with Crippen LogP contribution < -0.4 is 0 Å². The van der Waals surface area contributed by atoms with Crippen LogP contribution in [0.25, 0.3) is 0 Å². The zero-order valence-electron chi connectivity index (χ0n) is 15.7. The highest BCUT2D eigenvalue weighted by molar-refractivity contribution is 5.88. The Morgan fingerprint density at radius 2 is 1.74 bits per heavy atom. The Kier molecular flexibility index (Phi) is 9.78. The molecule has 0 saturated heterocycles. The summed E-state index contributed by atoms with van der Waals surface area (Å²) < 4.78 is 0. The normalized spacial score (nSPS) is 14.0. The van der Waals surface area contributed by atoms with Gasteiger partial charge in [-0.25, -0.2) is 0 Å². The lowest BCUT2D eigenvalue weighted by Gasteiger charge is -2.31. The van der Waals surface area contributed by atoms with Crippen LogP contribution in [0.15, 0.2) is 25.3 Å². The average Bonchev–Trinajstić information content (AvgIpc) is 2.48. The number of likely N-dealkylation sites (N-methyl/N-ethyl adjacent to an activating group) is 1. The molecule has 0 aromatic rings. The fraction of sp³-hybridized carbons (Fsp3) is 0.700. The van der Waals surface area contributed by atoms with E-state index in [4.69, 9.17) is 0 Å². The number of allylic oxidation sites excluding steroid dienone is 1. The predicted molar refractivity (Wildman–Crippen MR) is 98.2 cm³/mol. The molecule has 0 aliphatic rings. The number of nitrogens with zero attached hydrogens (tertiary/aromatic N) is 1. The van der Waals surface area contributed by atoms with Gasteiger partial charge in [-0.05, 0) is 55.1 Å².